The van der Waals surface area contributed by atoms with E-state index in [-0.39, 0.29) is 12.4 Å². The first-order valence-corrected chi connectivity index (χ1v) is 3.80. The van der Waals surface area contributed by atoms with Crippen molar-refractivity contribution in [3.8, 4) is 0 Å². The van der Waals surface area contributed by atoms with Crippen LogP contribution in [-0.4, -0.2) is 30.7 Å². The van der Waals surface area contributed by atoms with E-state index in [2.05, 4.69) is 0 Å². The van der Waals surface area contributed by atoms with Crippen LogP contribution in [0.5, 0.6) is 0 Å². The predicted octanol–water partition coefficient (Wildman–Crippen LogP) is 1.00. The quantitative estimate of drug-likeness (QED) is 0.627. The van der Waals surface area contributed by atoms with E-state index in [1.54, 1.807) is 0 Å². The van der Waals surface area contributed by atoms with Crippen LogP contribution in [0.25, 0.3) is 0 Å². The predicted molar refractivity (Wildman–Crippen MR) is 44.6 cm³/mol. The summed E-state index contributed by atoms with van der Waals surface area (Å²) in [5.41, 5.74) is 0. The van der Waals surface area contributed by atoms with Gasteiger partial charge in [0.05, 0.1) is 13.2 Å². The first-order valence-electron chi connectivity index (χ1n) is 3.80. The SMILES string of the molecule is CC(C)=O.CCCOCCO. The van der Waals surface area contributed by atoms with Gasteiger partial charge in [0.2, 0.25) is 0 Å². The van der Waals surface area contributed by atoms with E-state index in [0.29, 0.717) is 6.61 Å². The van der Waals surface area contributed by atoms with E-state index in [1.807, 2.05) is 6.92 Å². The summed E-state index contributed by atoms with van der Waals surface area (Å²) in [6.45, 7) is 6.48. The Balaban J connectivity index is 0. The summed E-state index contributed by atoms with van der Waals surface area (Å²) in [7, 11) is 0. The molecule has 0 amide bonds. The van der Waals surface area contributed by atoms with Crippen LogP contribution in [0.3, 0.4) is 0 Å². The monoisotopic (exact) mass is 162 g/mol. The maximum atomic E-state index is 9.44. The third-order valence-corrected chi connectivity index (χ3v) is 0.584. The molecular formula is C8H18O3. The Kier molecular flexibility index (Phi) is 14.7. The Morgan fingerprint density at radius 3 is 2.09 bits per heavy atom. The number of Topliss-reactive ketones (excluding diaryl/α,β-unsaturated/α-hetero) is 1. The number of hydrogen-bond donors (Lipinski definition) is 1. The van der Waals surface area contributed by atoms with Crippen LogP contribution in [0, 0.1) is 0 Å². The first-order chi connectivity index (χ1) is 5.15. The fraction of sp³-hybridized carbons (Fsp3) is 0.875. The zero-order chi connectivity index (χ0) is 9.11. The van der Waals surface area contributed by atoms with Crippen molar-refractivity contribution in [2.45, 2.75) is 27.2 Å². The maximum Gasteiger partial charge on any atom is 0.126 e. The van der Waals surface area contributed by atoms with Crippen LogP contribution in [0.2, 0.25) is 0 Å². The average molecular weight is 162 g/mol. The van der Waals surface area contributed by atoms with Crippen molar-refractivity contribution in [1.82, 2.24) is 0 Å². The second-order valence-corrected chi connectivity index (χ2v) is 2.24. The number of hydrogen-bond acceptors (Lipinski definition) is 3. The van der Waals surface area contributed by atoms with Crippen LogP contribution in [-0.2, 0) is 9.53 Å². The molecule has 0 aromatic rings. The van der Waals surface area contributed by atoms with Crippen LogP contribution < -0.4 is 0 Å². The van der Waals surface area contributed by atoms with Gasteiger partial charge in [0.15, 0.2) is 0 Å². The highest BCUT2D eigenvalue weighted by Crippen LogP contribution is 1.76. The maximum absolute atomic E-state index is 9.44. The summed E-state index contributed by atoms with van der Waals surface area (Å²) >= 11 is 0. The molecule has 3 heteroatoms. The molecule has 0 aromatic carbocycles. The van der Waals surface area contributed by atoms with Gasteiger partial charge in [-0.05, 0) is 20.3 Å². The van der Waals surface area contributed by atoms with Crippen molar-refractivity contribution in [3.63, 3.8) is 0 Å². The van der Waals surface area contributed by atoms with Crippen molar-refractivity contribution < 1.29 is 14.6 Å². The molecule has 0 heterocycles. The number of rotatable bonds is 4. The third-order valence-electron chi connectivity index (χ3n) is 0.584. The van der Waals surface area contributed by atoms with Gasteiger partial charge in [-0.1, -0.05) is 6.92 Å². The van der Waals surface area contributed by atoms with E-state index in [9.17, 15) is 4.79 Å². The number of aliphatic hydroxyl groups excluding tert-OH is 1. The van der Waals surface area contributed by atoms with Crippen molar-refractivity contribution in [1.29, 1.82) is 0 Å². The van der Waals surface area contributed by atoms with Crippen molar-refractivity contribution in [2.24, 2.45) is 0 Å². The largest absolute Gasteiger partial charge is 0.394 e. The average Bonchev–Trinajstić information content (AvgIpc) is 1.88. The Labute approximate surface area is 68.4 Å². The molecule has 0 spiro atoms. The van der Waals surface area contributed by atoms with Crippen molar-refractivity contribution in [3.05, 3.63) is 0 Å². The molecule has 0 bridgehead atoms. The topological polar surface area (TPSA) is 46.5 Å². The second-order valence-electron chi connectivity index (χ2n) is 2.24. The fourth-order valence-corrected chi connectivity index (χ4v) is 0.311. The van der Waals surface area contributed by atoms with Crippen LogP contribution in [0.1, 0.15) is 27.2 Å². The molecule has 0 aliphatic rings. The zero-order valence-electron chi connectivity index (χ0n) is 7.59. The fourth-order valence-electron chi connectivity index (χ4n) is 0.311. The summed E-state index contributed by atoms with van der Waals surface area (Å²) in [6, 6.07) is 0. The Bertz CT molecular complexity index is 73.4. The molecule has 0 aliphatic carbocycles. The lowest BCUT2D eigenvalue weighted by molar-refractivity contribution is -0.114. The number of carbonyl (C=O) groups is 1. The highest BCUT2D eigenvalue weighted by Gasteiger charge is 1.78. The van der Waals surface area contributed by atoms with Crippen molar-refractivity contribution in [2.75, 3.05) is 19.8 Å². The molecule has 0 aliphatic heterocycles. The zero-order valence-corrected chi connectivity index (χ0v) is 7.59. The molecule has 0 saturated heterocycles. The number of ether oxygens (including phenoxy) is 1. The number of carbonyl (C=O) groups excluding carboxylic acids is 1. The van der Waals surface area contributed by atoms with Gasteiger partial charge >= 0.3 is 0 Å². The van der Waals surface area contributed by atoms with Gasteiger partial charge in [0.25, 0.3) is 0 Å². The standard InChI is InChI=1S/C5H12O2.C3H6O/c1-2-4-7-5-3-6;1-3(2)4/h6H,2-5H2,1H3;1-2H3. The van der Waals surface area contributed by atoms with Gasteiger partial charge in [-0.2, -0.15) is 0 Å². The molecule has 3 nitrogen and oxygen atoms in total. The van der Waals surface area contributed by atoms with E-state index in [1.165, 1.54) is 13.8 Å². The van der Waals surface area contributed by atoms with Gasteiger partial charge in [-0.15, -0.1) is 0 Å². The van der Waals surface area contributed by atoms with Gasteiger partial charge in [0, 0.05) is 6.61 Å². The second kappa shape index (κ2) is 12.3. The van der Waals surface area contributed by atoms with Crippen LogP contribution >= 0.6 is 0 Å². The minimum absolute atomic E-state index is 0.139. The molecule has 0 unspecified atom stereocenters. The molecule has 1 N–H and O–H groups in total. The summed E-state index contributed by atoms with van der Waals surface area (Å²) in [5, 5.41) is 8.17. The van der Waals surface area contributed by atoms with Gasteiger partial charge in [-0.25, -0.2) is 0 Å². The molecule has 68 valence electrons. The van der Waals surface area contributed by atoms with E-state index in [0.717, 1.165) is 13.0 Å². The lowest BCUT2D eigenvalue weighted by atomic mass is 10.5. The summed E-state index contributed by atoms with van der Waals surface area (Å²) < 4.78 is 4.88. The highest BCUT2D eigenvalue weighted by atomic mass is 16.5. The minimum atomic E-state index is 0.139. The van der Waals surface area contributed by atoms with E-state index in [4.69, 9.17) is 9.84 Å². The Morgan fingerprint density at radius 1 is 1.36 bits per heavy atom. The highest BCUT2D eigenvalue weighted by molar-refractivity contribution is 5.72. The Morgan fingerprint density at radius 2 is 1.82 bits per heavy atom. The number of ketones is 1. The molecule has 0 radical (unpaired) electrons. The smallest absolute Gasteiger partial charge is 0.126 e. The van der Waals surface area contributed by atoms with Gasteiger partial charge < -0.3 is 14.6 Å². The lowest BCUT2D eigenvalue weighted by Gasteiger charge is -1.94. The molecule has 0 aromatic heterocycles. The molecule has 11 heavy (non-hydrogen) atoms. The first kappa shape index (κ1) is 13.2. The van der Waals surface area contributed by atoms with Gasteiger partial charge in [0.1, 0.15) is 5.78 Å². The molecule has 0 fully saturated rings. The normalized spacial score (nSPS) is 8.36. The molecule has 0 saturated carbocycles. The molecule has 0 rings (SSSR count). The summed E-state index contributed by atoms with van der Waals surface area (Å²) in [6.07, 6.45) is 1.03. The van der Waals surface area contributed by atoms with Crippen LogP contribution in [0.15, 0.2) is 0 Å². The van der Waals surface area contributed by atoms with Gasteiger partial charge in [-0.3, -0.25) is 0 Å². The minimum Gasteiger partial charge on any atom is -0.394 e. The molecular weight excluding hydrogens is 144 g/mol. The summed E-state index contributed by atoms with van der Waals surface area (Å²) in [4.78, 5) is 9.44. The summed E-state index contributed by atoms with van der Waals surface area (Å²) in [5.74, 6) is 0.167. The van der Waals surface area contributed by atoms with E-state index < -0.39 is 0 Å². The van der Waals surface area contributed by atoms with Crippen molar-refractivity contribution >= 4 is 5.78 Å². The lowest BCUT2D eigenvalue weighted by Crippen LogP contribution is -1.98. The molecule has 0 atom stereocenters. The Hall–Kier alpha value is -0.410. The number of aliphatic hydroxyl groups is 1. The third kappa shape index (κ3) is 42.9. The van der Waals surface area contributed by atoms with Crippen LogP contribution in [0.4, 0.5) is 0 Å². The van der Waals surface area contributed by atoms with E-state index >= 15 is 0 Å².